The summed E-state index contributed by atoms with van der Waals surface area (Å²) in [5.74, 6) is 0.803. The summed E-state index contributed by atoms with van der Waals surface area (Å²) in [4.78, 5) is 12.6. The fourth-order valence-electron chi connectivity index (χ4n) is 2.93. The highest BCUT2D eigenvalue weighted by Crippen LogP contribution is 2.33. The van der Waals surface area contributed by atoms with Gasteiger partial charge in [0.05, 0.1) is 37.1 Å². The van der Waals surface area contributed by atoms with E-state index in [0.29, 0.717) is 29.4 Å². The van der Waals surface area contributed by atoms with Gasteiger partial charge in [-0.05, 0) is 49.4 Å². The van der Waals surface area contributed by atoms with Crippen molar-refractivity contribution < 1.29 is 27.4 Å². The van der Waals surface area contributed by atoms with Crippen LogP contribution < -0.4 is 24.2 Å². The van der Waals surface area contributed by atoms with Gasteiger partial charge in [0.1, 0.15) is 17.2 Å². The van der Waals surface area contributed by atoms with Crippen molar-refractivity contribution >= 4 is 27.3 Å². The summed E-state index contributed by atoms with van der Waals surface area (Å²) in [5.41, 5.74) is 0.923. The summed E-state index contributed by atoms with van der Waals surface area (Å²) in [5, 5.41) is 2.73. The van der Waals surface area contributed by atoms with Gasteiger partial charge in [0, 0.05) is 11.6 Å². The molecule has 32 heavy (non-hydrogen) atoms. The molecule has 0 spiro atoms. The molecule has 3 aromatic carbocycles. The van der Waals surface area contributed by atoms with Gasteiger partial charge < -0.3 is 19.5 Å². The van der Waals surface area contributed by atoms with Crippen molar-refractivity contribution in [2.75, 3.05) is 30.9 Å². The molecule has 0 aliphatic carbocycles. The number of anilines is 2. The van der Waals surface area contributed by atoms with Crippen LogP contribution in [0.3, 0.4) is 0 Å². The molecule has 0 atom stereocenters. The molecule has 8 nitrogen and oxygen atoms in total. The maximum Gasteiger partial charge on any atom is 0.262 e. The Morgan fingerprint density at radius 1 is 0.875 bits per heavy atom. The molecule has 3 aromatic rings. The number of ether oxygens (including phenoxy) is 3. The Kier molecular flexibility index (Phi) is 7.21. The predicted molar refractivity (Wildman–Crippen MR) is 122 cm³/mol. The lowest BCUT2D eigenvalue weighted by Gasteiger charge is -2.16. The maximum absolute atomic E-state index is 13.0. The molecule has 3 rings (SSSR count). The van der Waals surface area contributed by atoms with Crippen molar-refractivity contribution in [2.24, 2.45) is 0 Å². The fraction of sp³-hybridized carbons (Fsp3) is 0.174. The molecule has 2 N–H and O–H groups in total. The molecule has 0 unspecified atom stereocenters. The maximum atomic E-state index is 13.0. The average molecular weight is 457 g/mol. The van der Waals surface area contributed by atoms with E-state index in [4.69, 9.17) is 14.2 Å². The molecule has 9 heteroatoms. The number of carbonyl (C=O) groups excluding carboxylic acids is 1. The highest BCUT2D eigenvalue weighted by molar-refractivity contribution is 7.92. The van der Waals surface area contributed by atoms with Crippen molar-refractivity contribution in [3.05, 3.63) is 72.3 Å². The van der Waals surface area contributed by atoms with Crippen molar-refractivity contribution in [1.29, 1.82) is 0 Å². The van der Waals surface area contributed by atoms with Crippen LogP contribution in [0.5, 0.6) is 17.2 Å². The minimum atomic E-state index is -4.00. The van der Waals surface area contributed by atoms with Crippen molar-refractivity contribution in [3.63, 3.8) is 0 Å². The van der Waals surface area contributed by atoms with Crippen LogP contribution in [0.15, 0.2) is 71.6 Å². The third kappa shape index (κ3) is 5.30. The Morgan fingerprint density at radius 3 is 2.28 bits per heavy atom. The van der Waals surface area contributed by atoms with E-state index in [1.807, 2.05) is 0 Å². The van der Waals surface area contributed by atoms with Crippen LogP contribution in [0.25, 0.3) is 0 Å². The molecule has 0 bridgehead atoms. The van der Waals surface area contributed by atoms with E-state index in [2.05, 4.69) is 10.0 Å². The van der Waals surface area contributed by atoms with Gasteiger partial charge in [0.15, 0.2) is 0 Å². The second-order valence-electron chi connectivity index (χ2n) is 6.58. The van der Waals surface area contributed by atoms with E-state index in [-0.39, 0.29) is 22.2 Å². The molecule has 0 aliphatic rings. The normalized spacial score (nSPS) is 10.8. The van der Waals surface area contributed by atoms with Gasteiger partial charge in [-0.25, -0.2) is 8.42 Å². The van der Waals surface area contributed by atoms with Crippen molar-refractivity contribution in [2.45, 2.75) is 11.8 Å². The van der Waals surface area contributed by atoms with Crippen LogP contribution in [-0.2, 0) is 10.0 Å². The van der Waals surface area contributed by atoms with Crippen LogP contribution in [0.1, 0.15) is 17.3 Å². The standard InChI is InChI=1S/C23H24N2O6S/c1-4-31-21-13-11-18(15-20(21)24-23(26)16-8-6-5-7-9-16)32(27,28)25-19-12-10-17(29-2)14-22(19)30-3/h5-15,25H,4H2,1-3H3,(H,24,26). The number of hydrogen-bond acceptors (Lipinski definition) is 6. The molecule has 0 saturated heterocycles. The Bertz CT molecular complexity index is 1200. The highest BCUT2D eigenvalue weighted by Gasteiger charge is 2.20. The van der Waals surface area contributed by atoms with E-state index in [0.717, 1.165) is 0 Å². The minimum absolute atomic E-state index is 0.0535. The van der Waals surface area contributed by atoms with E-state index >= 15 is 0 Å². The summed E-state index contributed by atoms with van der Waals surface area (Å²) < 4.78 is 44.6. The zero-order valence-corrected chi connectivity index (χ0v) is 18.7. The lowest BCUT2D eigenvalue weighted by atomic mass is 10.2. The summed E-state index contributed by atoms with van der Waals surface area (Å²) >= 11 is 0. The monoisotopic (exact) mass is 456 g/mol. The quantitative estimate of drug-likeness (QED) is 0.501. The van der Waals surface area contributed by atoms with E-state index < -0.39 is 10.0 Å². The van der Waals surface area contributed by atoms with Gasteiger partial charge in [-0.1, -0.05) is 18.2 Å². The lowest BCUT2D eigenvalue weighted by Crippen LogP contribution is -2.16. The van der Waals surface area contributed by atoms with Gasteiger partial charge in [-0.15, -0.1) is 0 Å². The Hall–Kier alpha value is -3.72. The van der Waals surface area contributed by atoms with Crippen molar-refractivity contribution in [1.82, 2.24) is 0 Å². The number of nitrogens with one attached hydrogen (secondary N) is 2. The third-order valence-electron chi connectivity index (χ3n) is 4.50. The smallest absolute Gasteiger partial charge is 0.262 e. The van der Waals surface area contributed by atoms with Crippen molar-refractivity contribution in [3.8, 4) is 17.2 Å². The third-order valence-corrected chi connectivity index (χ3v) is 5.86. The number of rotatable bonds is 9. The first-order chi connectivity index (χ1) is 15.4. The number of carbonyl (C=O) groups is 1. The topological polar surface area (TPSA) is 103 Å². The van der Waals surface area contributed by atoms with Gasteiger partial charge in [0.25, 0.3) is 15.9 Å². The molecule has 0 aromatic heterocycles. The second-order valence-corrected chi connectivity index (χ2v) is 8.27. The van der Waals surface area contributed by atoms with Crippen LogP contribution in [-0.4, -0.2) is 35.2 Å². The first kappa shape index (κ1) is 23.0. The summed E-state index contributed by atoms with van der Waals surface area (Å²) in [6, 6.07) is 17.6. The van der Waals surface area contributed by atoms with Gasteiger partial charge in [-0.3, -0.25) is 9.52 Å². The molecule has 0 fully saturated rings. The number of benzene rings is 3. The molecule has 1 amide bonds. The molecular formula is C23H24N2O6S. The largest absolute Gasteiger partial charge is 0.497 e. The number of sulfonamides is 1. The van der Waals surface area contributed by atoms with Crippen LogP contribution in [0.2, 0.25) is 0 Å². The highest BCUT2D eigenvalue weighted by atomic mass is 32.2. The number of methoxy groups -OCH3 is 2. The Labute approximate surface area is 187 Å². The molecule has 0 heterocycles. The van der Waals surface area contributed by atoms with Gasteiger partial charge in [-0.2, -0.15) is 0 Å². The van der Waals surface area contributed by atoms with E-state index in [9.17, 15) is 13.2 Å². The van der Waals surface area contributed by atoms with Crippen LogP contribution >= 0.6 is 0 Å². The minimum Gasteiger partial charge on any atom is -0.497 e. The molecule has 168 valence electrons. The number of hydrogen-bond donors (Lipinski definition) is 2. The zero-order chi connectivity index (χ0) is 23.1. The zero-order valence-electron chi connectivity index (χ0n) is 17.9. The molecular weight excluding hydrogens is 432 g/mol. The van der Waals surface area contributed by atoms with E-state index in [1.54, 1.807) is 55.5 Å². The average Bonchev–Trinajstić information content (AvgIpc) is 2.80. The fourth-order valence-corrected chi connectivity index (χ4v) is 4.02. The summed E-state index contributed by atoms with van der Waals surface area (Å²) in [6.07, 6.45) is 0. The predicted octanol–water partition coefficient (Wildman–Crippen LogP) is 4.16. The SMILES string of the molecule is CCOc1ccc(S(=O)(=O)Nc2ccc(OC)cc2OC)cc1NC(=O)c1ccccc1. The molecule has 0 radical (unpaired) electrons. The van der Waals surface area contributed by atoms with Gasteiger partial charge in [0.2, 0.25) is 0 Å². The van der Waals surface area contributed by atoms with Crippen LogP contribution in [0.4, 0.5) is 11.4 Å². The van der Waals surface area contributed by atoms with Gasteiger partial charge >= 0.3 is 0 Å². The molecule has 0 saturated carbocycles. The summed E-state index contributed by atoms with van der Waals surface area (Å²) in [6.45, 7) is 2.15. The summed E-state index contributed by atoms with van der Waals surface area (Å²) in [7, 11) is -1.06. The van der Waals surface area contributed by atoms with E-state index in [1.165, 1.54) is 32.4 Å². The Balaban J connectivity index is 1.93. The lowest BCUT2D eigenvalue weighted by molar-refractivity contribution is 0.102. The van der Waals surface area contributed by atoms with Crippen LogP contribution in [0, 0.1) is 0 Å². The second kappa shape index (κ2) is 10.1. The Morgan fingerprint density at radius 2 is 1.62 bits per heavy atom. The first-order valence-corrected chi connectivity index (χ1v) is 11.2. The molecule has 0 aliphatic heterocycles. The first-order valence-electron chi connectivity index (χ1n) is 9.76. The number of amides is 1.